The number of ether oxygens (including phenoxy) is 3. The van der Waals surface area contributed by atoms with Crippen molar-refractivity contribution in [2.75, 3.05) is 27.4 Å². The van der Waals surface area contributed by atoms with Crippen molar-refractivity contribution in [2.24, 2.45) is 0 Å². The van der Waals surface area contributed by atoms with Gasteiger partial charge in [-0.25, -0.2) is 0 Å². The SMILES string of the molecule is COCCOc1ccc(-c2cc3c(cn2)CCc2c-3[nH]c3c2C(=O)NC2(CC2)C3)cc1OC. The summed E-state index contributed by atoms with van der Waals surface area (Å²) in [7, 11) is 3.28. The molecule has 0 unspecified atom stereocenters. The topological polar surface area (TPSA) is 85.5 Å². The Hall–Kier alpha value is -3.32. The number of aryl methyl sites for hydroxylation is 1. The lowest BCUT2D eigenvalue weighted by Crippen LogP contribution is -2.43. The molecule has 2 aliphatic carbocycles. The van der Waals surface area contributed by atoms with E-state index < -0.39 is 0 Å². The number of nitrogens with one attached hydrogen (secondary N) is 2. The van der Waals surface area contributed by atoms with Crippen molar-refractivity contribution in [1.82, 2.24) is 15.3 Å². The van der Waals surface area contributed by atoms with E-state index in [9.17, 15) is 4.79 Å². The zero-order chi connectivity index (χ0) is 22.6. The molecule has 1 spiro atoms. The maximum Gasteiger partial charge on any atom is 0.253 e. The van der Waals surface area contributed by atoms with Crippen molar-refractivity contribution in [1.29, 1.82) is 0 Å². The summed E-state index contributed by atoms with van der Waals surface area (Å²) in [6, 6.07) is 7.97. The average Bonchev–Trinajstić information content (AvgIpc) is 3.45. The third-order valence-electron chi connectivity index (χ3n) is 7.06. The molecule has 2 aromatic heterocycles. The fourth-order valence-electron chi connectivity index (χ4n) is 5.14. The van der Waals surface area contributed by atoms with Crippen molar-refractivity contribution < 1.29 is 19.0 Å². The molecule has 0 atom stereocenters. The van der Waals surface area contributed by atoms with E-state index in [2.05, 4.69) is 16.4 Å². The van der Waals surface area contributed by atoms with E-state index in [1.54, 1.807) is 14.2 Å². The molecule has 3 aliphatic rings. The molecule has 3 heterocycles. The number of benzene rings is 1. The molecule has 1 aromatic carbocycles. The number of fused-ring (bicyclic) bond motifs is 5. The standard InChI is InChI=1S/C26H27N3O4/c1-31-9-10-33-21-6-4-15(11-22(21)32-2)19-12-18-16(14-27-19)3-5-17-23-20(28-24(17)18)13-26(7-8-26)29-25(23)30/h4,6,11-12,14,28H,3,5,7-10,13H2,1-2H3,(H,29,30). The van der Waals surface area contributed by atoms with Gasteiger partial charge in [0.1, 0.15) is 6.61 Å². The number of aromatic amines is 1. The highest BCUT2D eigenvalue weighted by atomic mass is 16.5. The minimum Gasteiger partial charge on any atom is -0.493 e. The van der Waals surface area contributed by atoms with Gasteiger partial charge in [0.25, 0.3) is 5.91 Å². The van der Waals surface area contributed by atoms with Gasteiger partial charge in [0, 0.05) is 42.1 Å². The van der Waals surface area contributed by atoms with Crippen molar-refractivity contribution in [3.8, 4) is 34.0 Å². The van der Waals surface area contributed by atoms with E-state index in [4.69, 9.17) is 19.2 Å². The lowest BCUT2D eigenvalue weighted by Gasteiger charge is -2.24. The maximum atomic E-state index is 12.9. The Morgan fingerprint density at radius 3 is 2.76 bits per heavy atom. The number of methoxy groups -OCH3 is 2. The summed E-state index contributed by atoms with van der Waals surface area (Å²) in [5.41, 5.74) is 8.31. The van der Waals surface area contributed by atoms with E-state index >= 15 is 0 Å². The number of H-pyrrole nitrogens is 1. The number of nitrogens with zero attached hydrogens (tertiary/aromatic N) is 1. The molecule has 0 bridgehead atoms. The van der Waals surface area contributed by atoms with Crippen LogP contribution in [0.5, 0.6) is 11.5 Å². The number of aromatic nitrogens is 2. The first-order valence-electron chi connectivity index (χ1n) is 11.5. The third-order valence-corrected chi connectivity index (χ3v) is 7.06. The lowest BCUT2D eigenvalue weighted by molar-refractivity contribution is 0.0917. The number of hydrogen-bond donors (Lipinski definition) is 2. The molecular formula is C26H27N3O4. The Kier molecular flexibility index (Phi) is 4.69. The predicted octanol–water partition coefficient (Wildman–Crippen LogP) is 3.69. The molecular weight excluding hydrogens is 418 g/mol. The largest absolute Gasteiger partial charge is 0.493 e. The smallest absolute Gasteiger partial charge is 0.253 e. The molecule has 7 heteroatoms. The molecule has 1 fully saturated rings. The Balaban J connectivity index is 1.37. The molecule has 1 amide bonds. The second-order valence-corrected chi connectivity index (χ2v) is 9.18. The summed E-state index contributed by atoms with van der Waals surface area (Å²) in [5.74, 6) is 1.42. The van der Waals surface area contributed by atoms with Gasteiger partial charge in [0.2, 0.25) is 0 Å². The van der Waals surface area contributed by atoms with E-state index in [1.807, 2.05) is 24.4 Å². The molecule has 1 saturated carbocycles. The Morgan fingerprint density at radius 1 is 1.09 bits per heavy atom. The zero-order valence-corrected chi connectivity index (χ0v) is 18.9. The second-order valence-electron chi connectivity index (χ2n) is 9.18. The van der Waals surface area contributed by atoms with Gasteiger partial charge in [-0.2, -0.15) is 0 Å². The van der Waals surface area contributed by atoms with Crippen LogP contribution in [0, 0.1) is 0 Å². The van der Waals surface area contributed by atoms with Gasteiger partial charge in [-0.15, -0.1) is 0 Å². The minimum atomic E-state index is -0.00656. The van der Waals surface area contributed by atoms with Crippen LogP contribution in [0.15, 0.2) is 30.5 Å². The van der Waals surface area contributed by atoms with E-state index in [1.165, 1.54) is 5.56 Å². The van der Waals surface area contributed by atoms with Crippen LogP contribution in [-0.2, 0) is 24.0 Å². The van der Waals surface area contributed by atoms with Gasteiger partial charge in [-0.3, -0.25) is 9.78 Å². The maximum absolute atomic E-state index is 12.9. The van der Waals surface area contributed by atoms with Gasteiger partial charge in [-0.1, -0.05) is 0 Å². The van der Waals surface area contributed by atoms with Crippen LogP contribution in [0.3, 0.4) is 0 Å². The van der Waals surface area contributed by atoms with Crippen molar-refractivity contribution in [3.05, 3.63) is 52.8 Å². The first-order valence-corrected chi connectivity index (χ1v) is 11.5. The number of hydrogen-bond acceptors (Lipinski definition) is 5. The summed E-state index contributed by atoms with van der Waals surface area (Å²) < 4.78 is 16.4. The number of carbonyl (C=O) groups excluding carboxylic acids is 1. The highest BCUT2D eigenvalue weighted by Gasteiger charge is 2.49. The van der Waals surface area contributed by atoms with E-state index in [0.717, 1.165) is 71.4 Å². The van der Waals surface area contributed by atoms with Crippen LogP contribution < -0.4 is 14.8 Å². The molecule has 33 heavy (non-hydrogen) atoms. The highest BCUT2D eigenvalue weighted by Crippen LogP contribution is 2.46. The van der Waals surface area contributed by atoms with E-state index in [-0.39, 0.29) is 11.4 Å². The van der Waals surface area contributed by atoms with Gasteiger partial charge in [0.15, 0.2) is 11.5 Å². The Morgan fingerprint density at radius 2 is 1.97 bits per heavy atom. The summed E-state index contributed by atoms with van der Waals surface area (Å²) in [6.07, 6.45) is 6.74. The average molecular weight is 446 g/mol. The van der Waals surface area contributed by atoms with Gasteiger partial charge in [0.05, 0.1) is 30.7 Å². The zero-order valence-electron chi connectivity index (χ0n) is 18.9. The quantitative estimate of drug-likeness (QED) is 0.565. The van der Waals surface area contributed by atoms with Crippen LogP contribution in [0.2, 0.25) is 0 Å². The molecule has 170 valence electrons. The van der Waals surface area contributed by atoms with Crippen LogP contribution in [0.1, 0.15) is 40.0 Å². The Labute approximate surface area is 192 Å². The normalized spacial score (nSPS) is 17.1. The van der Waals surface area contributed by atoms with Crippen molar-refractivity contribution >= 4 is 5.91 Å². The van der Waals surface area contributed by atoms with Crippen molar-refractivity contribution in [3.63, 3.8) is 0 Å². The first-order chi connectivity index (χ1) is 16.1. The van der Waals surface area contributed by atoms with Crippen LogP contribution in [0.4, 0.5) is 0 Å². The summed E-state index contributed by atoms with van der Waals surface area (Å²) in [6.45, 7) is 0.970. The fraction of sp³-hybridized carbons (Fsp3) is 0.385. The summed E-state index contributed by atoms with van der Waals surface area (Å²) in [5, 5.41) is 3.25. The second kappa shape index (κ2) is 7.63. The predicted molar refractivity (Wildman–Crippen MR) is 124 cm³/mol. The highest BCUT2D eigenvalue weighted by molar-refractivity contribution is 6.01. The van der Waals surface area contributed by atoms with Crippen LogP contribution in [-0.4, -0.2) is 48.8 Å². The van der Waals surface area contributed by atoms with Gasteiger partial charge < -0.3 is 24.5 Å². The Bertz CT molecular complexity index is 1260. The first kappa shape index (κ1) is 20.3. The molecule has 0 saturated heterocycles. The fourth-order valence-corrected chi connectivity index (χ4v) is 5.14. The molecule has 6 rings (SSSR count). The monoisotopic (exact) mass is 445 g/mol. The number of amides is 1. The van der Waals surface area contributed by atoms with Crippen LogP contribution in [0.25, 0.3) is 22.5 Å². The number of pyridine rings is 1. The van der Waals surface area contributed by atoms with Crippen LogP contribution >= 0.6 is 0 Å². The molecule has 2 N–H and O–H groups in total. The lowest BCUT2D eigenvalue weighted by atomic mass is 9.87. The number of carbonyl (C=O) groups is 1. The third kappa shape index (κ3) is 3.38. The van der Waals surface area contributed by atoms with Gasteiger partial charge >= 0.3 is 0 Å². The molecule has 3 aromatic rings. The van der Waals surface area contributed by atoms with Gasteiger partial charge in [-0.05, 0) is 61.1 Å². The molecule has 0 radical (unpaired) electrons. The minimum absolute atomic E-state index is 0.00656. The van der Waals surface area contributed by atoms with E-state index in [0.29, 0.717) is 24.7 Å². The molecule has 7 nitrogen and oxygen atoms in total. The summed E-state index contributed by atoms with van der Waals surface area (Å²) >= 11 is 0. The number of rotatable bonds is 6. The van der Waals surface area contributed by atoms with Crippen molar-refractivity contribution in [2.45, 2.75) is 37.6 Å². The summed E-state index contributed by atoms with van der Waals surface area (Å²) in [4.78, 5) is 21.3. The molecule has 1 aliphatic heterocycles.